The van der Waals surface area contributed by atoms with Crippen molar-refractivity contribution in [3.05, 3.63) is 0 Å². The highest BCUT2D eigenvalue weighted by Crippen LogP contribution is 2.20. The quantitative estimate of drug-likeness (QED) is 0.675. The van der Waals surface area contributed by atoms with Crippen LogP contribution in [0.1, 0.15) is 33.1 Å². The van der Waals surface area contributed by atoms with Gasteiger partial charge >= 0.3 is 0 Å². The van der Waals surface area contributed by atoms with E-state index in [1.807, 2.05) is 13.8 Å². The van der Waals surface area contributed by atoms with Crippen molar-refractivity contribution in [3.63, 3.8) is 0 Å². The summed E-state index contributed by atoms with van der Waals surface area (Å²) < 4.78 is 5.36. The minimum atomic E-state index is -0.0279. The number of carbonyl (C=O) groups is 1. The first-order chi connectivity index (χ1) is 6.61. The zero-order valence-corrected chi connectivity index (χ0v) is 8.95. The van der Waals surface area contributed by atoms with Crippen molar-refractivity contribution in [1.82, 2.24) is 5.32 Å². The van der Waals surface area contributed by atoms with Gasteiger partial charge in [0.1, 0.15) is 6.61 Å². The first-order valence-corrected chi connectivity index (χ1v) is 5.28. The Morgan fingerprint density at radius 2 is 2.29 bits per heavy atom. The molecule has 1 fully saturated rings. The zero-order valence-electron chi connectivity index (χ0n) is 8.95. The van der Waals surface area contributed by atoms with Crippen molar-refractivity contribution in [2.45, 2.75) is 51.3 Å². The Morgan fingerprint density at radius 3 is 2.79 bits per heavy atom. The topological polar surface area (TPSA) is 64.3 Å². The van der Waals surface area contributed by atoms with Crippen LogP contribution in [-0.4, -0.2) is 30.7 Å². The van der Waals surface area contributed by atoms with Gasteiger partial charge in [0.2, 0.25) is 5.91 Å². The van der Waals surface area contributed by atoms with Gasteiger partial charge in [0.25, 0.3) is 0 Å². The van der Waals surface area contributed by atoms with Gasteiger partial charge in [0.05, 0.1) is 6.10 Å². The summed E-state index contributed by atoms with van der Waals surface area (Å²) in [5, 5.41) is 2.85. The number of hydrogen-bond acceptors (Lipinski definition) is 3. The molecule has 0 saturated heterocycles. The molecule has 0 aromatic carbocycles. The first kappa shape index (κ1) is 11.5. The molecular formula is C10H20N2O2. The van der Waals surface area contributed by atoms with Crippen LogP contribution in [0.4, 0.5) is 0 Å². The minimum absolute atomic E-state index is 0.0279. The van der Waals surface area contributed by atoms with Crippen LogP contribution in [0, 0.1) is 0 Å². The van der Waals surface area contributed by atoms with E-state index in [1.165, 1.54) is 0 Å². The number of ether oxygens (including phenoxy) is 1. The molecule has 0 aromatic rings. The van der Waals surface area contributed by atoms with E-state index in [4.69, 9.17) is 10.5 Å². The van der Waals surface area contributed by atoms with E-state index in [1.54, 1.807) is 0 Å². The predicted octanol–water partition coefficient (Wildman–Crippen LogP) is 0.407. The lowest BCUT2D eigenvalue weighted by Gasteiger charge is -2.32. The van der Waals surface area contributed by atoms with Gasteiger partial charge < -0.3 is 15.8 Å². The van der Waals surface area contributed by atoms with Gasteiger partial charge in [-0.3, -0.25) is 4.79 Å². The van der Waals surface area contributed by atoms with Crippen molar-refractivity contribution in [2.75, 3.05) is 6.61 Å². The number of nitrogens with two attached hydrogens (primary N) is 1. The van der Waals surface area contributed by atoms with E-state index < -0.39 is 0 Å². The fraction of sp³-hybridized carbons (Fsp3) is 0.900. The minimum Gasteiger partial charge on any atom is -0.368 e. The second kappa shape index (κ2) is 5.32. The average molecular weight is 200 g/mol. The molecule has 0 aromatic heterocycles. The molecule has 1 unspecified atom stereocenters. The van der Waals surface area contributed by atoms with Gasteiger partial charge in [0.15, 0.2) is 0 Å². The molecule has 1 saturated carbocycles. The molecule has 4 heteroatoms. The monoisotopic (exact) mass is 200 g/mol. The van der Waals surface area contributed by atoms with Crippen molar-refractivity contribution < 1.29 is 9.53 Å². The molecule has 3 N–H and O–H groups in total. The van der Waals surface area contributed by atoms with Crippen molar-refractivity contribution in [2.24, 2.45) is 5.73 Å². The van der Waals surface area contributed by atoms with Gasteiger partial charge in [0, 0.05) is 12.1 Å². The number of amides is 1. The van der Waals surface area contributed by atoms with Crippen LogP contribution < -0.4 is 11.1 Å². The predicted molar refractivity (Wildman–Crippen MR) is 54.8 cm³/mol. The first-order valence-electron chi connectivity index (χ1n) is 5.28. The summed E-state index contributed by atoms with van der Waals surface area (Å²) in [6, 6.07) is 0.507. The highest BCUT2D eigenvalue weighted by atomic mass is 16.5. The summed E-state index contributed by atoms with van der Waals surface area (Å²) in [6.07, 6.45) is 2.92. The van der Waals surface area contributed by atoms with Crippen LogP contribution in [-0.2, 0) is 9.53 Å². The molecular weight excluding hydrogens is 180 g/mol. The van der Waals surface area contributed by atoms with Crippen molar-refractivity contribution in [3.8, 4) is 0 Å². The highest BCUT2D eigenvalue weighted by molar-refractivity contribution is 5.77. The second-order valence-corrected chi connectivity index (χ2v) is 4.04. The fourth-order valence-electron chi connectivity index (χ4n) is 1.35. The molecule has 82 valence electrons. The lowest BCUT2D eigenvalue weighted by Crippen LogP contribution is -2.44. The van der Waals surface area contributed by atoms with E-state index in [9.17, 15) is 4.79 Å². The Balaban J connectivity index is 2.03. The Hall–Kier alpha value is -0.610. The zero-order chi connectivity index (χ0) is 10.6. The molecule has 0 bridgehead atoms. The van der Waals surface area contributed by atoms with E-state index >= 15 is 0 Å². The second-order valence-electron chi connectivity index (χ2n) is 4.04. The Morgan fingerprint density at radius 1 is 1.64 bits per heavy atom. The molecule has 0 heterocycles. The number of rotatable bonds is 5. The third kappa shape index (κ3) is 3.64. The number of hydrogen-bond donors (Lipinski definition) is 2. The van der Waals surface area contributed by atoms with Crippen LogP contribution in [0.15, 0.2) is 0 Å². The van der Waals surface area contributed by atoms with Gasteiger partial charge in [-0.15, -0.1) is 0 Å². The molecule has 1 aliphatic rings. The summed E-state index contributed by atoms with van der Waals surface area (Å²) >= 11 is 0. The maximum Gasteiger partial charge on any atom is 0.246 e. The van der Waals surface area contributed by atoms with E-state index in [2.05, 4.69) is 5.32 Å². The lowest BCUT2D eigenvalue weighted by atomic mass is 9.90. The van der Waals surface area contributed by atoms with Crippen LogP contribution in [0.25, 0.3) is 0 Å². The van der Waals surface area contributed by atoms with Crippen LogP contribution in [0.2, 0.25) is 0 Å². The third-order valence-corrected chi connectivity index (χ3v) is 2.60. The molecule has 0 aliphatic heterocycles. The van der Waals surface area contributed by atoms with Crippen LogP contribution in [0.5, 0.6) is 0 Å². The standard InChI is InChI=1S/C10H20N2O2/c1-3-7(2)12-10(13)6-14-9-4-8(11)5-9/h7-9H,3-6,11H2,1-2H3,(H,12,13). The SMILES string of the molecule is CCC(C)NC(=O)COC1CC(N)C1. The average Bonchev–Trinajstić information content (AvgIpc) is 2.10. The lowest BCUT2D eigenvalue weighted by molar-refractivity contribution is -0.130. The summed E-state index contributed by atoms with van der Waals surface area (Å²) in [4.78, 5) is 11.3. The smallest absolute Gasteiger partial charge is 0.246 e. The van der Waals surface area contributed by atoms with Crippen molar-refractivity contribution >= 4 is 5.91 Å². The Kier molecular flexibility index (Phi) is 4.35. The van der Waals surface area contributed by atoms with Crippen molar-refractivity contribution in [1.29, 1.82) is 0 Å². The molecule has 0 radical (unpaired) electrons. The molecule has 0 spiro atoms. The molecule has 1 amide bonds. The number of carbonyl (C=O) groups excluding carboxylic acids is 1. The Labute approximate surface area is 85.2 Å². The fourth-order valence-corrected chi connectivity index (χ4v) is 1.35. The normalized spacial score (nSPS) is 27.9. The summed E-state index contributed by atoms with van der Waals surface area (Å²) in [6.45, 7) is 4.19. The largest absolute Gasteiger partial charge is 0.368 e. The van der Waals surface area contributed by atoms with Crippen LogP contribution in [0.3, 0.4) is 0 Å². The molecule has 1 atom stereocenters. The van der Waals surface area contributed by atoms with Gasteiger partial charge in [-0.05, 0) is 26.2 Å². The van der Waals surface area contributed by atoms with Crippen LogP contribution >= 0.6 is 0 Å². The highest BCUT2D eigenvalue weighted by Gasteiger charge is 2.27. The van der Waals surface area contributed by atoms with E-state index in [0.717, 1.165) is 19.3 Å². The molecule has 1 aliphatic carbocycles. The van der Waals surface area contributed by atoms with Gasteiger partial charge in [-0.1, -0.05) is 6.92 Å². The summed E-state index contributed by atoms with van der Waals surface area (Å²) in [5.41, 5.74) is 5.60. The number of nitrogens with one attached hydrogen (secondary N) is 1. The maximum atomic E-state index is 11.3. The molecule has 1 rings (SSSR count). The summed E-state index contributed by atoms with van der Waals surface area (Å²) in [5.74, 6) is -0.0279. The Bertz CT molecular complexity index is 191. The molecule has 4 nitrogen and oxygen atoms in total. The van der Waals surface area contributed by atoms with Gasteiger partial charge in [-0.2, -0.15) is 0 Å². The van der Waals surface area contributed by atoms with E-state index in [-0.39, 0.29) is 30.7 Å². The third-order valence-electron chi connectivity index (χ3n) is 2.60. The molecule has 14 heavy (non-hydrogen) atoms. The van der Waals surface area contributed by atoms with E-state index in [0.29, 0.717) is 0 Å². The summed E-state index contributed by atoms with van der Waals surface area (Å²) in [7, 11) is 0. The van der Waals surface area contributed by atoms with Gasteiger partial charge in [-0.25, -0.2) is 0 Å². The maximum absolute atomic E-state index is 11.3.